The maximum absolute atomic E-state index is 12.2. The Morgan fingerprint density at radius 1 is 1.21 bits per heavy atom. The Kier molecular flexibility index (Phi) is 7.52. The first-order valence-corrected chi connectivity index (χ1v) is 9.95. The van der Waals surface area contributed by atoms with Crippen molar-refractivity contribution < 1.29 is 14.3 Å². The lowest BCUT2D eigenvalue weighted by Gasteiger charge is -2.14. The van der Waals surface area contributed by atoms with Gasteiger partial charge in [-0.3, -0.25) is 9.59 Å². The Balaban J connectivity index is 1.88. The van der Waals surface area contributed by atoms with Crippen LogP contribution in [-0.4, -0.2) is 34.2 Å². The van der Waals surface area contributed by atoms with Gasteiger partial charge in [0.15, 0.2) is 11.3 Å². The maximum Gasteiger partial charge on any atom is 0.306 e. The minimum absolute atomic E-state index is 0.137. The zero-order valence-corrected chi connectivity index (χ0v) is 17.1. The number of thioether (sulfide) groups is 1. The van der Waals surface area contributed by atoms with Crippen LogP contribution in [0.3, 0.4) is 0 Å². The fourth-order valence-electron chi connectivity index (χ4n) is 2.57. The van der Waals surface area contributed by atoms with Crippen LogP contribution < -0.4 is 5.32 Å². The number of amides is 1. The number of nitrogens with zero attached hydrogens (tertiary/aromatic N) is 3. The predicted molar refractivity (Wildman–Crippen MR) is 107 cm³/mol. The monoisotopic (exact) mass is 398 g/mol. The number of aryl methyl sites for hydroxylation is 2. The van der Waals surface area contributed by atoms with Crippen molar-refractivity contribution in [2.75, 3.05) is 11.6 Å². The molecule has 0 aliphatic rings. The third-order valence-electron chi connectivity index (χ3n) is 4.12. The Labute approximate surface area is 168 Å². The van der Waals surface area contributed by atoms with E-state index in [4.69, 9.17) is 10.00 Å². The molecule has 1 aromatic carbocycles. The van der Waals surface area contributed by atoms with E-state index in [2.05, 4.69) is 15.3 Å². The van der Waals surface area contributed by atoms with Gasteiger partial charge in [0.05, 0.1) is 11.6 Å². The van der Waals surface area contributed by atoms with Gasteiger partial charge in [0, 0.05) is 23.5 Å². The highest BCUT2D eigenvalue weighted by atomic mass is 32.2. The summed E-state index contributed by atoms with van der Waals surface area (Å²) in [5.41, 5.74) is 3.64. The van der Waals surface area contributed by atoms with Gasteiger partial charge in [-0.1, -0.05) is 11.8 Å². The molecule has 0 unspecified atom stereocenters. The average Bonchev–Trinajstić information content (AvgIpc) is 2.67. The topological polar surface area (TPSA) is 105 Å². The minimum atomic E-state index is -0.930. The van der Waals surface area contributed by atoms with Crippen molar-refractivity contribution in [1.82, 2.24) is 9.97 Å². The van der Waals surface area contributed by atoms with Crippen molar-refractivity contribution >= 4 is 29.3 Å². The van der Waals surface area contributed by atoms with Crippen molar-refractivity contribution in [2.45, 2.75) is 44.9 Å². The van der Waals surface area contributed by atoms with Crippen molar-refractivity contribution in [1.29, 1.82) is 5.26 Å². The first-order valence-electron chi connectivity index (χ1n) is 8.72. The summed E-state index contributed by atoms with van der Waals surface area (Å²) < 4.78 is 5.23. The molecule has 0 fully saturated rings. The zero-order chi connectivity index (χ0) is 20.7. The summed E-state index contributed by atoms with van der Waals surface area (Å²) in [7, 11) is 0. The van der Waals surface area contributed by atoms with Crippen LogP contribution in [0, 0.1) is 25.2 Å². The molecule has 0 saturated heterocycles. The fourth-order valence-corrected chi connectivity index (χ4v) is 3.03. The number of hydrogen-bond donors (Lipinski definition) is 1. The molecule has 0 bridgehead atoms. The number of hydrogen-bond acceptors (Lipinski definition) is 7. The maximum atomic E-state index is 12.2. The van der Waals surface area contributed by atoms with E-state index in [1.807, 2.05) is 26.2 Å². The molecule has 0 aliphatic heterocycles. The standard InChI is InChI=1S/C20H22N4O3S/c1-12-17(13(2)23-20(22-12)28-4)9-10-18(25)27-14(3)19(26)24-16-7-5-15(11-21)6-8-16/h5-8,14H,9-10H2,1-4H3,(H,24,26)/t14-/m1/s1. The highest BCUT2D eigenvalue weighted by Crippen LogP contribution is 2.17. The van der Waals surface area contributed by atoms with Gasteiger partial charge in [-0.2, -0.15) is 5.26 Å². The van der Waals surface area contributed by atoms with Gasteiger partial charge in [0.25, 0.3) is 5.91 Å². The number of carbonyl (C=O) groups excluding carboxylic acids is 2. The van der Waals surface area contributed by atoms with Crippen molar-refractivity contribution in [3.63, 3.8) is 0 Å². The molecular formula is C20H22N4O3S. The lowest BCUT2D eigenvalue weighted by atomic mass is 10.1. The lowest BCUT2D eigenvalue weighted by molar-refractivity contribution is -0.153. The fraction of sp³-hybridized carbons (Fsp3) is 0.350. The summed E-state index contributed by atoms with van der Waals surface area (Å²) in [6.45, 7) is 5.30. The quantitative estimate of drug-likeness (QED) is 0.434. The van der Waals surface area contributed by atoms with Crippen molar-refractivity contribution in [3.8, 4) is 6.07 Å². The van der Waals surface area contributed by atoms with Crippen molar-refractivity contribution in [3.05, 3.63) is 46.8 Å². The van der Waals surface area contributed by atoms with E-state index < -0.39 is 18.0 Å². The Hall–Kier alpha value is -2.92. The number of carbonyl (C=O) groups is 2. The third-order valence-corrected chi connectivity index (χ3v) is 4.67. The smallest absolute Gasteiger partial charge is 0.306 e. The van der Waals surface area contributed by atoms with E-state index in [9.17, 15) is 9.59 Å². The molecule has 0 aliphatic carbocycles. The van der Waals surface area contributed by atoms with Crippen LogP contribution in [0.25, 0.3) is 0 Å². The molecule has 1 atom stereocenters. The normalized spacial score (nSPS) is 11.4. The van der Waals surface area contributed by atoms with E-state index in [0.29, 0.717) is 22.8 Å². The second kappa shape index (κ2) is 9.85. The average molecular weight is 398 g/mol. The van der Waals surface area contributed by atoms with E-state index in [1.54, 1.807) is 24.3 Å². The van der Waals surface area contributed by atoms with E-state index in [1.165, 1.54) is 18.7 Å². The SMILES string of the molecule is CSc1nc(C)c(CCC(=O)O[C@H](C)C(=O)Nc2ccc(C#N)cc2)c(C)n1. The first kappa shape index (κ1) is 21.4. The molecule has 2 rings (SSSR count). The lowest BCUT2D eigenvalue weighted by Crippen LogP contribution is -2.30. The van der Waals surface area contributed by atoms with Crippen LogP contribution >= 0.6 is 11.8 Å². The second-order valence-electron chi connectivity index (χ2n) is 6.17. The largest absolute Gasteiger partial charge is 0.453 e. The Morgan fingerprint density at radius 2 is 1.82 bits per heavy atom. The van der Waals surface area contributed by atoms with Crippen molar-refractivity contribution in [2.24, 2.45) is 0 Å². The number of aromatic nitrogens is 2. The van der Waals surface area contributed by atoms with E-state index in [0.717, 1.165) is 17.0 Å². The van der Waals surface area contributed by atoms with Gasteiger partial charge in [-0.15, -0.1) is 0 Å². The molecular weight excluding hydrogens is 376 g/mol. The van der Waals surface area contributed by atoms with Gasteiger partial charge < -0.3 is 10.1 Å². The molecule has 0 radical (unpaired) electrons. The predicted octanol–water partition coefficient (Wildman–Crippen LogP) is 3.19. The molecule has 7 nitrogen and oxygen atoms in total. The van der Waals surface area contributed by atoms with Crippen LogP contribution in [-0.2, 0) is 20.7 Å². The van der Waals surface area contributed by atoms with Crippen LogP contribution in [0.4, 0.5) is 5.69 Å². The van der Waals surface area contributed by atoms with Gasteiger partial charge in [-0.25, -0.2) is 9.97 Å². The summed E-state index contributed by atoms with van der Waals surface area (Å²) >= 11 is 1.47. The molecule has 1 heterocycles. The number of benzene rings is 1. The van der Waals surface area contributed by atoms with Crippen LogP contribution in [0.15, 0.2) is 29.4 Å². The number of anilines is 1. The zero-order valence-electron chi connectivity index (χ0n) is 16.3. The minimum Gasteiger partial charge on any atom is -0.453 e. The van der Waals surface area contributed by atoms with Gasteiger partial charge in [0.2, 0.25) is 0 Å². The molecule has 8 heteroatoms. The number of esters is 1. The van der Waals surface area contributed by atoms with Crippen LogP contribution in [0.2, 0.25) is 0 Å². The number of nitriles is 1. The Morgan fingerprint density at radius 3 is 2.36 bits per heavy atom. The highest BCUT2D eigenvalue weighted by Gasteiger charge is 2.19. The molecule has 1 amide bonds. The summed E-state index contributed by atoms with van der Waals surface area (Å²) in [6, 6.07) is 8.44. The summed E-state index contributed by atoms with van der Waals surface area (Å²) in [6.07, 6.45) is 1.57. The van der Waals surface area contributed by atoms with Crippen LogP contribution in [0.5, 0.6) is 0 Å². The molecule has 28 heavy (non-hydrogen) atoms. The van der Waals surface area contributed by atoms with Crippen LogP contribution in [0.1, 0.15) is 35.9 Å². The molecule has 0 spiro atoms. The number of nitrogens with one attached hydrogen (secondary N) is 1. The Bertz CT molecular complexity index is 884. The summed E-state index contributed by atoms with van der Waals surface area (Å²) in [4.78, 5) is 33.1. The third kappa shape index (κ3) is 5.79. The molecule has 0 saturated carbocycles. The summed E-state index contributed by atoms with van der Waals surface area (Å²) in [5.74, 6) is -0.895. The second-order valence-corrected chi connectivity index (χ2v) is 6.94. The van der Waals surface area contributed by atoms with E-state index in [-0.39, 0.29) is 6.42 Å². The number of rotatable bonds is 7. The molecule has 146 valence electrons. The molecule has 1 aromatic heterocycles. The molecule has 1 N–H and O–H groups in total. The van der Waals surface area contributed by atoms with Gasteiger partial charge >= 0.3 is 5.97 Å². The summed E-state index contributed by atoms with van der Waals surface area (Å²) in [5, 5.41) is 12.1. The van der Waals surface area contributed by atoms with Gasteiger partial charge in [0.1, 0.15) is 0 Å². The first-order chi connectivity index (χ1) is 13.3. The van der Waals surface area contributed by atoms with Gasteiger partial charge in [-0.05, 0) is 63.3 Å². The number of ether oxygens (including phenoxy) is 1. The van der Waals surface area contributed by atoms with E-state index >= 15 is 0 Å². The molecule has 2 aromatic rings. The highest BCUT2D eigenvalue weighted by molar-refractivity contribution is 7.98.